The van der Waals surface area contributed by atoms with Crippen LogP contribution in [0, 0.1) is 0 Å². The lowest BCUT2D eigenvalue weighted by molar-refractivity contribution is 0.557. The molecule has 1 aromatic carbocycles. The first-order valence-electron chi connectivity index (χ1n) is 4.94. The van der Waals surface area contributed by atoms with Crippen LogP contribution >= 0.6 is 39.1 Å². The summed E-state index contributed by atoms with van der Waals surface area (Å²) in [5, 5.41) is 0.177. The predicted octanol–water partition coefficient (Wildman–Crippen LogP) is 3.40. The van der Waals surface area contributed by atoms with E-state index in [0.29, 0.717) is 6.42 Å². The van der Waals surface area contributed by atoms with Crippen LogP contribution < -0.4 is 4.72 Å². The van der Waals surface area contributed by atoms with Crippen molar-refractivity contribution in [1.29, 1.82) is 0 Å². The second-order valence-electron chi connectivity index (χ2n) is 3.46. The Morgan fingerprint density at radius 2 is 2.12 bits per heavy atom. The van der Waals surface area contributed by atoms with Crippen molar-refractivity contribution in [2.75, 3.05) is 5.88 Å². The second-order valence-corrected chi connectivity index (χ2v) is 6.77. The fourth-order valence-electron chi connectivity index (χ4n) is 1.20. The van der Waals surface area contributed by atoms with Gasteiger partial charge in [-0.3, -0.25) is 0 Å². The second kappa shape index (κ2) is 6.38. The standard InChI is InChI=1S/C10H12BrCl2NO2S/c1-2-8(6-12)14-17(15,16)10-4-3-7(11)5-9(10)13/h3-5,8,14H,2,6H2,1H3. The maximum absolute atomic E-state index is 12.0. The van der Waals surface area contributed by atoms with Gasteiger partial charge in [0.2, 0.25) is 10.0 Å². The summed E-state index contributed by atoms with van der Waals surface area (Å²) in [7, 11) is -3.62. The first-order chi connectivity index (χ1) is 7.90. The molecule has 0 radical (unpaired) electrons. The van der Waals surface area contributed by atoms with Crippen molar-refractivity contribution in [3.63, 3.8) is 0 Å². The molecule has 0 fully saturated rings. The van der Waals surface area contributed by atoms with Crippen molar-refractivity contribution >= 4 is 49.2 Å². The number of halogens is 3. The molecule has 96 valence electrons. The largest absolute Gasteiger partial charge is 0.242 e. The molecule has 0 heterocycles. The van der Waals surface area contributed by atoms with Gasteiger partial charge in [-0.25, -0.2) is 13.1 Å². The number of sulfonamides is 1. The van der Waals surface area contributed by atoms with Gasteiger partial charge in [-0.2, -0.15) is 0 Å². The molecule has 0 aliphatic heterocycles. The van der Waals surface area contributed by atoms with Gasteiger partial charge in [0.1, 0.15) is 4.90 Å². The smallest absolute Gasteiger partial charge is 0.207 e. The quantitative estimate of drug-likeness (QED) is 0.818. The maximum Gasteiger partial charge on any atom is 0.242 e. The van der Waals surface area contributed by atoms with Crippen LogP contribution in [-0.4, -0.2) is 20.3 Å². The summed E-state index contributed by atoms with van der Waals surface area (Å²) in [5.41, 5.74) is 0. The fourth-order valence-corrected chi connectivity index (χ4v) is 3.94. The third kappa shape index (κ3) is 4.10. The highest BCUT2D eigenvalue weighted by Crippen LogP contribution is 2.25. The van der Waals surface area contributed by atoms with Crippen molar-refractivity contribution in [1.82, 2.24) is 4.72 Å². The SMILES string of the molecule is CCC(CCl)NS(=O)(=O)c1ccc(Br)cc1Cl. The maximum atomic E-state index is 12.0. The van der Waals surface area contributed by atoms with E-state index in [0.717, 1.165) is 4.47 Å². The normalized spacial score (nSPS) is 13.6. The van der Waals surface area contributed by atoms with Gasteiger partial charge in [0.15, 0.2) is 0 Å². The average Bonchev–Trinajstić information content (AvgIpc) is 2.25. The molecule has 0 spiro atoms. The Balaban J connectivity index is 3.05. The summed E-state index contributed by atoms with van der Waals surface area (Å²) in [5.74, 6) is 0.226. The first kappa shape index (κ1) is 15.2. The van der Waals surface area contributed by atoms with Crippen LogP contribution in [0.3, 0.4) is 0 Å². The third-order valence-electron chi connectivity index (χ3n) is 2.18. The minimum atomic E-state index is -3.62. The van der Waals surface area contributed by atoms with E-state index in [1.54, 1.807) is 6.07 Å². The molecule has 17 heavy (non-hydrogen) atoms. The van der Waals surface area contributed by atoms with Crippen LogP contribution in [0.5, 0.6) is 0 Å². The predicted molar refractivity (Wildman–Crippen MR) is 74.3 cm³/mol. The van der Waals surface area contributed by atoms with Gasteiger partial charge in [0.25, 0.3) is 0 Å². The van der Waals surface area contributed by atoms with Crippen molar-refractivity contribution < 1.29 is 8.42 Å². The van der Waals surface area contributed by atoms with E-state index in [-0.39, 0.29) is 21.8 Å². The summed E-state index contributed by atoms with van der Waals surface area (Å²) in [6.45, 7) is 1.86. The lowest BCUT2D eigenvalue weighted by Crippen LogP contribution is -2.35. The van der Waals surface area contributed by atoms with E-state index in [1.807, 2.05) is 6.92 Å². The molecule has 0 saturated carbocycles. The van der Waals surface area contributed by atoms with Crippen LogP contribution in [-0.2, 0) is 10.0 Å². The molecule has 3 nitrogen and oxygen atoms in total. The van der Waals surface area contributed by atoms with Crippen molar-refractivity contribution in [3.05, 3.63) is 27.7 Å². The highest BCUT2D eigenvalue weighted by molar-refractivity contribution is 9.10. The highest BCUT2D eigenvalue weighted by atomic mass is 79.9. The molecule has 0 amide bonds. The molecule has 1 rings (SSSR count). The Morgan fingerprint density at radius 3 is 2.59 bits per heavy atom. The molecule has 7 heteroatoms. The summed E-state index contributed by atoms with van der Waals surface area (Å²) in [6, 6.07) is 4.33. The highest BCUT2D eigenvalue weighted by Gasteiger charge is 2.21. The topological polar surface area (TPSA) is 46.2 Å². The van der Waals surface area contributed by atoms with E-state index < -0.39 is 10.0 Å². The molecule has 0 bridgehead atoms. The number of rotatable bonds is 5. The van der Waals surface area contributed by atoms with E-state index in [9.17, 15) is 8.42 Å². The summed E-state index contributed by atoms with van der Waals surface area (Å²) < 4.78 is 27.3. The summed E-state index contributed by atoms with van der Waals surface area (Å²) in [6.07, 6.45) is 0.622. The monoisotopic (exact) mass is 359 g/mol. The number of hydrogen-bond donors (Lipinski definition) is 1. The van der Waals surface area contributed by atoms with E-state index in [4.69, 9.17) is 23.2 Å². The summed E-state index contributed by atoms with van der Waals surface area (Å²) >= 11 is 14.8. The van der Waals surface area contributed by atoms with Crippen LogP contribution in [0.15, 0.2) is 27.6 Å². The molecule has 1 atom stereocenters. The molecule has 0 aliphatic rings. The van der Waals surface area contributed by atoms with Gasteiger partial charge < -0.3 is 0 Å². The van der Waals surface area contributed by atoms with Crippen LogP contribution in [0.1, 0.15) is 13.3 Å². The molecule has 1 unspecified atom stereocenters. The molecule has 0 saturated heterocycles. The van der Waals surface area contributed by atoms with Gasteiger partial charge in [-0.1, -0.05) is 34.5 Å². The molecule has 0 aromatic heterocycles. The minimum Gasteiger partial charge on any atom is -0.207 e. The van der Waals surface area contributed by atoms with Crippen LogP contribution in [0.2, 0.25) is 5.02 Å². The fraction of sp³-hybridized carbons (Fsp3) is 0.400. The van der Waals surface area contributed by atoms with E-state index in [1.165, 1.54) is 12.1 Å². The average molecular weight is 361 g/mol. The van der Waals surface area contributed by atoms with Crippen molar-refractivity contribution in [3.8, 4) is 0 Å². The number of nitrogens with one attached hydrogen (secondary N) is 1. The van der Waals surface area contributed by atoms with Gasteiger partial charge >= 0.3 is 0 Å². The van der Waals surface area contributed by atoms with Crippen molar-refractivity contribution in [2.45, 2.75) is 24.3 Å². The van der Waals surface area contributed by atoms with E-state index >= 15 is 0 Å². The molecule has 1 aromatic rings. The van der Waals surface area contributed by atoms with Gasteiger partial charge in [-0.05, 0) is 24.6 Å². The van der Waals surface area contributed by atoms with Gasteiger partial charge in [0.05, 0.1) is 5.02 Å². The Kier molecular flexibility index (Phi) is 5.73. The molecular weight excluding hydrogens is 349 g/mol. The van der Waals surface area contributed by atoms with Crippen molar-refractivity contribution in [2.24, 2.45) is 0 Å². The Morgan fingerprint density at radius 1 is 1.47 bits per heavy atom. The Hall–Kier alpha value is 0.190. The molecule has 1 N–H and O–H groups in total. The zero-order chi connectivity index (χ0) is 13.1. The van der Waals surface area contributed by atoms with Crippen LogP contribution in [0.4, 0.5) is 0 Å². The number of benzene rings is 1. The van der Waals surface area contributed by atoms with E-state index in [2.05, 4.69) is 20.7 Å². The number of alkyl halides is 1. The zero-order valence-corrected chi connectivity index (χ0v) is 13.0. The van der Waals surface area contributed by atoms with Crippen LogP contribution in [0.25, 0.3) is 0 Å². The first-order valence-corrected chi connectivity index (χ1v) is 8.13. The molecular formula is C10H12BrCl2NO2S. The third-order valence-corrected chi connectivity index (χ3v) is 5.05. The Labute approximate surface area is 120 Å². The zero-order valence-electron chi connectivity index (χ0n) is 9.08. The van der Waals surface area contributed by atoms with Gasteiger partial charge in [-0.15, -0.1) is 11.6 Å². The lowest BCUT2D eigenvalue weighted by Gasteiger charge is -2.14. The number of hydrogen-bond acceptors (Lipinski definition) is 2. The summed E-state index contributed by atoms with van der Waals surface area (Å²) in [4.78, 5) is 0.0610. The molecule has 0 aliphatic carbocycles. The Bertz CT molecular complexity index is 489. The van der Waals surface area contributed by atoms with Gasteiger partial charge in [0, 0.05) is 16.4 Å². The minimum absolute atomic E-state index is 0.0610. The lowest BCUT2D eigenvalue weighted by atomic mass is 10.3.